The van der Waals surface area contributed by atoms with Crippen LogP contribution in [-0.4, -0.2) is 39.3 Å². The number of hydrogen-bond donors (Lipinski definition) is 1. The van der Waals surface area contributed by atoms with Crippen LogP contribution in [0.5, 0.6) is 17.2 Å². The van der Waals surface area contributed by atoms with Crippen LogP contribution in [0.4, 0.5) is 5.69 Å². The summed E-state index contributed by atoms with van der Waals surface area (Å²) in [5, 5.41) is 2.69. The molecule has 0 aliphatic rings. The Labute approximate surface area is 179 Å². The monoisotopic (exact) mass is 515 g/mol. The van der Waals surface area contributed by atoms with Crippen LogP contribution in [0.2, 0.25) is 0 Å². The maximum Gasteiger partial charge on any atom is 0.340 e. The molecule has 0 aliphatic carbocycles. The van der Waals surface area contributed by atoms with Gasteiger partial charge in [0.1, 0.15) is 0 Å². The fourth-order valence-corrected chi connectivity index (χ4v) is 3.21. The van der Waals surface area contributed by atoms with E-state index in [4.69, 9.17) is 18.9 Å². The Kier molecular flexibility index (Phi) is 7.70. The quantitative estimate of drug-likeness (QED) is 0.548. The Morgan fingerprint density at radius 2 is 1.57 bits per heavy atom. The third kappa shape index (κ3) is 4.96. The Morgan fingerprint density at radius 1 is 0.964 bits per heavy atom. The highest BCUT2D eigenvalue weighted by molar-refractivity contribution is 9.10. The predicted octanol–water partition coefficient (Wildman–Crippen LogP) is 4.42. The van der Waals surface area contributed by atoms with E-state index in [1.54, 1.807) is 24.3 Å². The fraction of sp³-hybridized carbons (Fsp3) is 0.263. The van der Waals surface area contributed by atoms with Gasteiger partial charge in [0, 0.05) is 10.2 Å². The van der Waals surface area contributed by atoms with Gasteiger partial charge < -0.3 is 24.3 Å². The largest absolute Gasteiger partial charge is 0.493 e. The topological polar surface area (TPSA) is 83.1 Å². The molecule has 7 nitrogen and oxygen atoms in total. The predicted molar refractivity (Wildman–Crippen MR) is 111 cm³/mol. The van der Waals surface area contributed by atoms with Crippen molar-refractivity contribution in [2.24, 2.45) is 0 Å². The minimum Gasteiger partial charge on any atom is -0.493 e. The molecular weight excluding hydrogens is 498 g/mol. The average Bonchev–Trinajstić information content (AvgIpc) is 2.68. The number of rotatable bonds is 7. The van der Waals surface area contributed by atoms with Crippen LogP contribution in [0.25, 0.3) is 0 Å². The number of anilines is 1. The van der Waals surface area contributed by atoms with Crippen LogP contribution < -0.4 is 19.5 Å². The minimum absolute atomic E-state index is 0.137. The van der Waals surface area contributed by atoms with Crippen molar-refractivity contribution in [2.45, 2.75) is 13.0 Å². The van der Waals surface area contributed by atoms with Crippen molar-refractivity contribution >= 4 is 49.4 Å². The van der Waals surface area contributed by atoms with Crippen molar-refractivity contribution in [2.75, 3.05) is 26.6 Å². The molecule has 28 heavy (non-hydrogen) atoms. The van der Waals surface area contributed by atoms with Gasteiger partial charge in [-0.05, 0) is 53.2 Å². The molecule has 0 bridgehead atoms. The number of methoxy groups -OCH3 is 3. The molecule has 150 valence electrons. The van der Waals surface area contributed by atoms with E-state index in [0.717, 1.165) is 4.47 Å². The smallest absolute Gasteiger partial charge is 0.340 e. The van der Waals surface area contributed by atoms with Crippen LogP contribution in [0.1, 0.15) is 17.3 Å². The van der Waals surface area contributed by atoms with E-state index in [2.05, 4.69) is 37.2 Å². The molecule has 0 aromatic heterocycles. The van der Waals surface area contributed by atoms with Crippen LogP contribution in [0.3, 0.4) is 0 Å². The van der Waals surface area contributed by atoms with Gasteiger partial charge in [-0.25, -0.2) is 4.79 Å². The Hall–Kier alpha value is -2.26. The third-order valence-corrected chi connectivity index (χ3v) is 5.07. The molecular formula is C19H19Br2NO6. The molecule has 2 aromatic rings. The summed E-state index contributed by atoms with van der Waals surface area (Å²) in [5.41, 5.74) is 0.725. The van der Waals surface area contributed by atoms with Crippen molar-refractivity contribution in [3.05, 3.63) is 44.8 Å². The lowest BCUT2D eigenvalue weighted by Crippen LogP contribution is -2.30. The SMILES string of the molecule is COc1cc(C(=O)OC(C)C(=O)Nc2ccc(Br)cc2)c(Br)c(OC)c1OC. The summed E-state index contributed by atoms with van der Waals surface area (Å²) in [6.45, 7) is 1.48. The Bertz CT molecular complexity index is 870. The van der Waals surface area contributed by atoms with Crippen LogP contribution in [-0.2, 0) is 9.53 Å². The number of benzene rings is 2. The van der Waals surface area contributed by atoms with Crippen molar-refractivity contribution in [1.82, 2.24) is 0 Å². The lowest BCUT2D eigenvalue weighted by molar-refractivity contribution is -0.123. The highest BCUT2D eigenvalue weighted by Crippen LogP contribution is 2.44. The molecule has 0 aliphatic heterocycles. The van der Waals surface area contributed by atoms with E-state index in [0.29, 0.717) is 21.7 Å². The summed E-state index contributed by atoms with van der Waals surface area (Å²) >= 11 is 6.64. The van der Waals surface area contributed by atoms with E-state index < -0.39 is 18.0 Å². The number of amides is 1. The standard InChI is InChI=1S/C19H19Br2NO6/c1-10(18(23)22-12-7-5-11(20)6-8-12)28-19(24)13-9-14(25-2)16(26-3)17(27-4)15(13)21/h5-10H,1-4H3,(H,22,23). The molecule has 1 unspecified atom stereocenters. The van der Waals surface area contributed by atoms with Crippen LogP contribution in [0.15, 0.2) is 39.3 Å². The average molecular weight is 517 g/mol. The highest BCUT2D eigenvalue weighted by Gasteiger charge is 2.26. The molecule has 0 heterocycles. The molecule has 0 radical (unpaired) electrons. The normalized spacial score (nSPS) is 11.4. The van der Waals surface area contributed by atoms with Gasteiger partial charge in [0.15, 0.2) is 17.6 Å². The fourth-order valence-electron chi connectivity index (χ4n) is 2.32. The zero-order chi connectivity index (χ0) is 20.8. The van der Waals surface area contributed by atoms with Crippen molar-refractivity contribution in [3.63, 3.8) is 0 Å². The summed E-state index contributed by atoms with van der Waals surface area (Å²) in [5.74, 6) is -0.277. The van der Waals surface area contributed by atoms with E-state index in [-0.39, 0.29) is 11.3 Å². The zero-order valence-electron chi connectivity index (χ0n) is 15.7. The first-order valence-electron chi connectivity index (χ1n) is 8.08. The first-order chi connectivity index (χ1) is 13.3. The molecule has 0 fully saturated rings. The zero-order valence-corrected chi connectivity index (χ0v) is 18.8. The van der Waals surface area contributed by atoms with Gasteiger partial charge in [0.25, 0.3) is 5.91 Å². The van der Waals surface area contributed by atoms with Gasteiger partial charge in [-0.15, -0.1) is 0 Å². The van der Waals surface area contributed by atoms with Gasteiger partial charge in [-0.1, -0.05) is 15.9 Å². The van der Waals surface area contributed by atoms with Crippen LogP contribution >= 0.6 is 31.9 Å². The summed E-state index contributed by atoms with van der Waals surface area (Å²) in [7, 11) is 4.33. The van der Waals surface area contributed by atoms with E-state index in [9.17, 15) is 9.59 Å². The number of ether oxygens (including phenoxy) is 4. The minimum atomic E-state index is -1.03. The van der Waals surface area contributed by atoms with Gasteiger partial charge in [-0.2, -0.15) is 0 Å². The second-order valence-corrected chi connectivity index (χ2v) is 7.26. The van der Waals surface area contributed by atoms with Crippen molar-refractivity contribution in [1.29, 1.82) is 0 Å². The summed E-state index contributed by atoms with van der Waals surface area (Å²) in [4.78, 5) is 24.9. The first kappa shape index (κ1) is 22.0. The maximum absolute atomic E-state index is 12.6. The van der Waals surface area contributed by atoms with Crippen molar-refractivity contribution < 1.29 is 28.5 Å². The van der Waals surface area contributed by atoms with E-state index in [1.165, 1.54) is 34.3 Å². The highest BCUT2D eigenvalue weighted by atomic mass is 79.9. The lowest BCUT2D eigenvalue weighted by atomic mass is 10.1. The number of carbonyl (C=O) groups excluding carboxylic acids is 2. The molecule has 9 heteroatoms. The number of nitrogens with one attached hydrogen (secondary N) is 1. The number of esters is 1. The number of halogens is 2. The number of carbonyl (C=O) groups is 2. The molecule has 0 saturated heterocycles. The lowest BCUT2D eigenvalue weighted by Gasteiger charge is -2.18. The first-order valence-corrected chi connectivity index (χ1v) is 9.66. The Balaban J connectivity index is 2.19. The molecule has 0 spiro atoms. The molecule has 1 N–H and O–H groups in total. The molecule has 2 rings (SSSR count). The van der Waals surface area contributed by atoms with Gasteiger partial charge >= 0.3 is 5.97 Å². The second-order valence-electron chi connectivity index (χ2n) is 5.55. The molecule has 1 amide bonds. The van der Waals surface area contributed by atoms with E-state index in [1.807, 2.05) is 0 Å². The third-order valence-electron chi connectivity index (χ3n) is 3.75. The Morgan fingerprint density at radius 3 is 2.11 bits per heavy atom. The van der Waals surface area contributed by atoms with Gasteiger partial charge in [-0.3, -0.25) is 4.79 Å². The van der Waals surface area contributed by atoms with Crippen LogP contribution in [0, 0.1) is 0 Å². The molecule has 2 aromatic carbocycles. The summed E-state index contributed by atoms with van der Waals surface area (Å²) < 4.78 is 22.3. The van der Waals surface area contributed by atoms with Crippen molar-refractivity contribution in [3.8, 4) is 17.2 Å². The second kappa shape index (κ2) is 9.79. The van der Waals surface area contributed by atoms with Gasteiger partial charge in [0.05, 0.1) is 31.4 Å². The van der Waals surface area contributed by atoms with E-state index >= 15 is 0 Å². The molecule has 0 saturated carbocycles. The molecule has 1 atom stereocenters. The summed E-state index contributed by atoms with van der Waals surface area (Å²) in [6.07, 6.45) is -1.03. The van der Waals surface area contributed by atoms with Gasteiger partial charge in [0.2, 0.25) is 5.75 Å². The maximum atomic E-state index is 12.6. The number of hydrogen-bond acceptors (Lipinski definition) is 6. The summed E-state index contributed by atoms with van der Waals surface area (Å²) in [6, 6.07) is 8.49.